The zero-order valence-electron chi connectivity index (χ0n) is 10.5. The predicted octanol–water partition coefficient (Wildman–Crippen LogP) is 2.49. The van der Waals surface area contributed by atoms with Crippen LogP contribution in [0.15, 0.2) is 0 Å². The van der Waals surface area contributed by atoms with Gasteiger partial charge in [0.05, 0.1) is 19.8 Å². The molecule has 0 heterocycles. The van der Waals surface area contributed by atoms with Gasteiger partial charge in [0.15, 0.2) is 23.2 Å². The average Bonchev–Trinajstić information content (AvgIpc) is 2.41. The molecule has 1 aromatic rings. The van der Waals surface area contributed by atoms with Gasteiger partial charge in [-0.25, -0.2) is 13.6 Å². The summed E-state index contributed by atoms with van der Waals surface area (Å²) in [6, 6.07) is 0. The van der Waals surface area contributed by atoms with E-state index >= 15 is 0 Å². The van der Waals surface area contributed by atoms with Gasteiger partial charge < -0.3 is 9.47 Å². The maximum Gasteiger partial charge on any atom is 0.341 e. The van der Waals surface area contributed by atoms with Crippen molar-refractivity contribution in [2.75, 3.05) is 14.2 Å². The molecular formula is C12H11F3O4. The van der Waals surface area contributed by atoms with Crippen molar-refractivity contribution in [3.63, 3.8) is 0 Å². The van der Waals surface area contributed by atoms with Crippen molar-refractivity contribution < 1.29 is 32.2 Å². The average molecular weight is 276 g/mol. The molecule has 0 amide bonds. The second-order valence-corrected chi connectivity index (χ2v) is 3.49. The van der Waals surface area contributed by atoms with E-state index < -0.39 is 46.1 Å². The second kappa shape index (κ2) is 5.73. The second-order valence-electron chi connectivity index (χ2n) is 3.49. The zero-order chi connectivity index (χ0) is 14.7. The SMILES string of the molecule is CCC(=O)c1c(F)c(OC)c(F)c(F)c1C(=O)OC. The topological polar surface area (TPSA) is 52.6 Å². The largest absolute Gasteiger partial charge is 0.491 e. The van der Waals surface area contributed by atoms with Crippen LogP contribution in [-0.4, -0.2) is 26.0 Å². The molecule has 0 radical (unpaired) electrons. The number of methoxy groups -OCH3 is 2. The van der Waals surface area contributed by atoms with Gasteiger partial charge >= 0.3 is 5.97 Å². The molecule has 0 aliphatic heterocycles. The van der Waals surface area contributed by atoms with Crippen LogP contribution in [0, 0.1) is 17.5 Å². The van der Waals surface area contributed by atoms with Gasteiger partial charge in [-0.1, -0.05) is 6.92 Å². The Morgan fingerprint density at radius 2 is 1.58 bits per heavy atom. The van der Waals surface area contributed by atoms with Gasteiger partial charge in [0.25, 0.3) is 0 Å². The van der Waals surface area contributed by atoms with Crippen molar-refractivity contribution >= 4 is 11.8 Å². The van der Waals surface area contributed by atoms with E-state index in [-0.39, 0.29) is 6.42 Å². The Bertz CT molecular complexity index is 541. The smallest absolute Gasteiger partial charge is 0.341 e. The molecule has 104 valence electrons. The number of halogens is 3. The molecule has 0 saturated heterocycles. The lowest BCUT2D eigenvalue weighted by Gasteiger charge is -2.13. The number of benzene rings is 1. The highest BCUT2D eigenvalue weighted by atomic mass is 19.2. The number of esters is 1. The van der Waals surface area contributed by atoms with Crippen LogP contribution in [0.25, 0.3) is 0 Å². The van der Waals surface area contributed by atoms with Gasteiger partial charge in [0.1, 0.15) is 5.56 Å². The fraction of sp³-hybridized carbons (Fsp3) is 0.333. The lowest BCUT2D eigenvalue weighted by molar-refractivity contribution is 0.0588. The highest BCUT2D eigenvalue weighted by molar-refractivity contribution is 6.07. The molecule has 0 unspecified atom stereocenters. The number of carbonyl (C=O) groups excluding carboxylic acids is 2. The minimum absolute atomic E-state index is 0.199. The molecule has 0 aliphatic carbocycles. The lowest BCUT2D eigenvalue weighted by Crippen LogP contribution is -2.17. The van der Waals surface area contributed by atoms with Crippen LogP contribution in [0.2, 0.25) is 0 Å². The van der Waals surface area contributed by atoms with Crippen LogP contribution >= 0.6 is 0 Å². The molecule has 19 heavy (non-hydrogen) atoms. The predicted molar refractivity (Wildman–Crippen MR) is 58.8 cm³/mol. The highest BCUT2D eigenvalue weighted by Gasteiger charge is 2.32. The van der Waals surface area contributed by atoms with Gasteiger partial charge in [-0.05, 0) is 0 Å². The molecule has 0 bridgehead atoms. The summed E-state index contributed by atoms with van der Waals surface area (Å²) in [7, 11) is 1.82. The van der Waals surface area contributed by atoms with Crippen LogP contribution in [0.3, 0.4) is 0 Å². The number of rotatable bonds is 4. The van der Waals surface area contributed by atoms with E-state index in [1.54, 1.807) is 0 Å². The molecule has 0 fully saturated rings. The first-order chi connectivity index (χ1) is 8.90. The third-order valence-corrected chi connectivity index (χ3v) is 2.47. The Morgan fingerprint density at radius 3 is 2.00 bits per heavy atom. The molecule has 0 spiro atoms. The zero-order valence-corrected chi connectivity index (χ0v) is 10.5. The molecule has 1 rings (SSSR count). The number of hydrogen-bond acceptors (Lipinski definition) is 4. The molecule has 0 saturated carbocycles. The molecule has 0 N–H and O–H groups in total. The van der Waals surface area contributed by atoms with Crippen molar-refractivity contribution in [1.29, 1.82) is 0 Å². The summed E-state index contributed by atoms with van der Waals surface area (Å²) in [6.45, 7) is 1.39. The number of carbonyl (C=O) groups is 2. The third kappa shape index (κ3) is 2.40. The molecule has 1 aromatic carbocycles. The van der Waals surface area contributed by atoms with E-state index in [2.05, 4.69) is 9.47 Å². The fourth-order valence-corrected chi connectivity index (χ4v) is 1.55. The summed E-state index contributed by atoms with van der Waals surface area (Å²) in [5.74, 6) is -8.05. The Labute approximate surface area is 107 Å². The summed E-state index contributed by atoms with van der Waals surface area (Å²) >= 11 is 0. The maximum atomic E-state index is 13.9. The number of hydrogen-bond donors (Lipinski definition) is 0. The van der Waals surface area contributed by atoms with Crippen molar-refractivity contribution in [3.8, 4) is 5.75 Å². The number of ketones is 1. The standard InChI is InChI=1S/C12H11F3O4/c1-4-5(16)6-7(12(17)19-3)8(13)10(15)11(18-2)9(6)14/h4H2,1-3H3. The fourth-order valence-electron chi connectivity index (χ4n) is 1.55. The Kier molecular flexibility index (Phi) is 4.52. The summed E-state index contributed by atoms with van der Waals surface area (Å²) < 4.78 is 49.8. The summed E-state index contributed by atoms with van der Waals surface area (Å²) in [6.07, 6.45) is -0.199. The van der Waals surface area contributed by atoms with Gasteiger partial charge in [-0.3, -0.25) is 4.79 Å². The maximum absolute atomic E-state index is 13.9. The molecule has 4 nitrogen and oxygen atoms in total. The van der Waals surface area contributed by atoms with E-state index in [9.17, 15) is 22.8 Å². The van der Waals surface area contributed by atoms with Crippen molar-refractivity contribution in [2.45, 2.75) is 13.3 Å². The minimum atomic E-state index is -1.69. The number of Topliss-reactive ketones (excluding diaryl/α,β-unsaturated/α-hetero) is 1. The van der Waals surface area contributed by atoms with Crippen LogP contribution in [0.5, 0.6) is 5.75 Å². The van der Waals surface area contributed by atoms with Crippen LogP contribution < -0.4 is 4.74 Å². The molecule has 7 heteroatoms. The van der Waals surface area contributed by atoms with Crippen LogP contribution in [0.1, 0.15) is 34.1 Å². The van der Waals surface area contributed by atoms with E-state index in [4.69, 9.17) is 0 Å². The first kappa shape index (κ1) is 15.0. The first-order valence-electron chi connectivity index (χ1n) is 5.26. The van der Waals surface area contributed by atoms with Gasteiger partial charge in [0, 0.05) is 6.42 Å². The molecular weight excluding hydrogens is 265 g/mol. The lowest BCUT2D eigenvalue weighted by atomic mass is 9.99. The van der Waals surface area contributed by atoms with Crippen LogP contribution in [-0.2, 0) is 4.74 Å². The van der Waals surface area contributed by atoms with Crippen molar-refractivity contribution in [2.24, 2.45) is 0 Å². The number of ether oxygens (including phenoxy) is 2. The van der Waals surface area contributed by atoms with E-state index in [1.807, 2.05) is 0 Å². The Morgan fingerprint density at radius 1 is 1.00 bits per heavy atom. The molecule has 0 aromatic heterocycles. The quantitative estimate of drug-likeness (QED) is 0.481. The Balaban J connectivity index is 3.79. The van der Waals surface area contributed by atoms with Gasteiger partial charge in [-0.2, -0.15) is 4.39 Å². The highest BCUT2D eigenvalue weighted by Crippen LogP contribution is 2.32. The summed E-state index contributed by atoms with van der Waals surface area (Å²) in [4.78, 5) is 23.0. The molecule has 0 atom stereocenters. The monoisotopic (exact) mass is 276 g/mol. The minimum Gasteiger partial charge on any atom is -0.491 e. The van der Waals surface area contributed by atoms with E-state index in [0.717, 1.165) is 14.2 Å². The summed E-state index contributed by atoms with van der Waals surface area (Å²) in [5.41, 5.74) is -1.93. The van der Waals surface area contributed by atoms with E-state index in [0.29, 0.717) is 0 Å². The Hall–Kier alpha value is -2.05. The van der Waals surface area contributed by atoms with Crippen molar-refractivity contribution in [1.82, 2.24) is 0 Å². The van der Waals surface area contributed by atoms with Crippen LogP contribution in [0.4, 0.5) is 13.2 Å². The summed E-state index contributed by atoms with van der Waals surface area (Å²) in [5, 5.41) is 0. The molecule has 0 aliphatic rings. The van der Waals surface area contributed by atoms with Gasteiger partial charge in [-0.15, -0.1) is 0 Å². The van der Waals surface area contributed by atoms with Gasteiger partial charge in [0.2, 0.25) is 5.82 Å². The normalized spacial score (nSPS) is 10.2. The third-order valence-electron chi connectivity index (χ3n) is 2.47. The van der Waals surface area contributed by atoms with Crippen molar-refractivity contribution in [3.05, 3.63) is 28.6 Å². The first-order valence-corrected chi connectivity index (χ1v) is 5.26. The van der Waals surface area contributed by atoms with E-state index in [1.165, 1.54) is 6.92 Å².